The molecule has 0 aromatic carbocycles. The summed E-state index contributed by atoms with van der Waals surface area (Å²) >= 11 is 0. The van der Waals surface area contributed by atoms with Gasteiger partial charge in [-0.05, 0) is 49.4 Å². The molecule has 1 aliphatic heterocycles. The van der Waals surface area contributed by atoms with Crippen molar-refractivity contribution in [3.63, 3.8) is 0 Å². The Morgan fingerprint density at radius 3 is 2.52 bits per heavy atom. The Hall–Kier alpha value is -2.19. The Morgan fingerprint density at radius 1 is 1.22 bits per heavy atom. The number of hydrogen-bond acceptors (Lipinski definition) is 4. The number of hydrogen-bond donors (Lipinski definition) is 0. The van der Waals surface area contributed by atoms with Gasteiger partial charge in [0, 0.05) is 51.3 Å². The van der Waals surface area contributed by atoms with Gasteiger partial charge in [-0.25, -0.2) is 8.42 Å². The van der Waals surface area contributed by atoms with Crippen LogP contribution in [0.15, 0.2) is 41.7 Å². The number of carbonyl (C=O) groups excluding carboxylic acids is 1. The van der Waals surface area contributed by atoms with Crippen LogP contribution in [0.4, 0.5) is 0 Å². The van der Waals surface area contributed by atoms with Gasteiger partial charge in [-0.15, -0.1) is 0 Å². The topological polar surface area (TPSA) is 75.5 Å². The summed E-state index contributed by atoms with van der Waals surface area (Å²) in [5, 5.41) is 0. The number of nitrogens with zero attached hydrogens (tertiary/aromatic N) is 4. The average Bonchev–Trinajstić information content (AvgIpc) is 3.17. The minimum atomic E-state index is -3.53. The number of carbonyl (C=O) groups is 1. The summed E-state index contributed by atoms with van der Waals surface area (Å²) < 4.78 is 28.8. The van der Waals surface area contributed by atoms with E-state index < -0.39 is 10.0 Å². The normalized spacial score (nSPS) is 18.0. The molecule has 0 unspecified atom stereocenters. The lowest BCUT2D eigenvalue weighted by Crippen LogP contribution is -2.33. The molecular formula is C19H24N4O3S. The molecule has 1 amide bonds. The predicted octanol–water partition coefficient (Wildman–Crippen LogP) is 2.01. The molecule has 1 saturated carbocycles. The fraction of sp³-hybridized carbons (Fsp3) is 0.474. The van der Waals surface area contributed by atoms with Crippen LogP contribution in [0.2, 0.25) is 0 Å². The van der Waals surface area contributed by atoms with E-state index in [9.17, 15) is 13.2 Å². The van der Waals surface area contributed by atoms with Gasteiger partial charge in [0.05, 0.1) is 0 Å². The number of aryl methyl sites for hydroxylation is 1. The van der Waals surface area contributed by atoms with Crippen molar-refractivity contribution in [1.82, 2.24) is 18.8 Å². The molecule has 7 nitrogen and oxygen atoms in total. The van der Waals surface area contributed by atoms with E-state index in [1.165, 1.54) is 10.4 Å². The van der Waals surface area contributed by atoms with Crippen LogP contribution >= 0.6 is 0 Å². The Bertz CT molecular complexity index is 929. The van der Waals surface area contributed by atoms with Gasteiger partial charge in [-0.2, -0.15) is 4.31 Å². The van der Waals surface area contributed by atoms with Crippen LogP contribution in [-0.4, -0.2) is 52.2 Å². The maximum Gasteiger partial charge on any atom is 0.271 e. The maximum absolute atomic E-state index is 13.2. The summed E-state index contributed by atoms with van der Waals surface area (Å²) in [4.78, 5) is 19.3. The van der Waals surface area contributed by atoms with Crippen LogP contribution in [0.3, 0.4) is 0 Å². The first kappa shape index (κ1) is 18.2. The number of amides is 1. The van der Waals surface area contributed by atoms with E-state index in [2.05, 4.69) is 4.98 Å². The molecule has 0 spiro atoms. The van der Waals surface area contributed by atoms with Gasteiger partial charge in [-0.3, -0.25) is 9.78 Å². The van der Waals surface area contributed by atoms with E-state index in [-0.39, 0.29) is 16.8 Å². The largest absolute Gasteiger partial charge is 0.345 e. The van der Waals surface area contributed by atoms with Crippen LogP contribution in [0.1, 0.15) is 41.7 Å². The molecule has 2 fully saturated rings. The first-order valence-electron chi connectivity index (χ1n) is 9.33. The lowest BCUT2D eigenvalue weighted by Gasteiger charge is -2.22. The molecular weight excluding hydrogens is 364 g/mol. The molecule has 27 heavy (non-hydrogen) atoms. The lowest BCUT2D eigenvalue weighted by atomic mass is 10.2. The van der Waals surface area contributed by atoms with E-state index in [0.717, 1.165) is 31.2 Å². The first-order chi connectivity index (χ1) is 13.0. The third-order valence-electron chi connectivity index (χ3n) is 5.25. The number of aromatic nitrogens is 2. The van der Waals surface area contributed by atoms with Crippen molar-refractivity contribution in [2.24, 2.45) is 7.05 Å². The molecule has 2 aromatic rings. The maximum atomic E-state index is 13.2. The van der Waals surface area contributed by atoms with Crippen molar-refractivity contribution < 1.29 is 13.2 Å². The minimum Gasteiger partial charge on any atom is -0.345 e. The fourth-order valence-corrected chi connectivity index (χ4v) is 5.14. The molecule has 1 saturated heterocycles. The molecule has 2 aromatic heterocycles. The Balaban J connectivity index is 1.60. The average molecular weight is 388 g/mol. The summed E-state index contributed by atoms with van der Waals surface area (Å²) in [6.07, 6.45) is 8.74. The van der Waals surface area contributed by atoms with Crippen molar-refractivity contribution in [2.75, 3.05) is 13.1 Å². The smallest absolute Gasteiger partial charge is 0.271 e. The molecule has 0 atom stereocenters. The third kappa shape index (κ3) is 3.64. The second-order valence-electron chi connectivity index (χ2n) is 7.30. The predicted molar refractivity (Wildman–Crippen MR) is 101 cm³/mol. The number of pyridine rings is 1. The summed E-state index contributed by atoms with van der Waals surface area (Å²) in [7, 11) is -1.80. The Morgan fingerprint density at radius 2 is 1.89 bits per heavy atom. The van der Waals surface area contributed by atoms with Crippen LogP contribution in [0.5, 0.6) is 0 Å². The molecule has 1 aliphatic carbocycles. The minimum absolute atomic E-state index is 0.125. The third-order valence-corrected chi connectivity index (χ3v) is 7.12. The zero-order valence-electron chi connectivity index (χ0n) is 15.4. The van der Waals surface area contributed by atoms with Gasteiger partial charge >= 0.3 is 0 Å². The van der Waals surface area contributed by atoms with E-state index in [1.54, 1.807) is 30.2 Å². The summed E-state index contributed by atoms with van der Waals surface area (Å²) in [5.74, 6) is -0.125. The molecule has 8 heteroatoms. The van der Waals surface area contributed by atoms with Crippen LogP contribution in [-0.2, 0) is 23.6 Å². The highest BCUT2D eigenvalue weighted by atomic mass is 32.2. The highest BCUT2D eigenvalue weighted by Crippen LogP contribution is 2.31. The molecule has 0 N–H and O–H groups in total. The van der Waals surface area contributed by atoms with Gasteiger partial charge in [0.1, 0.15) is 10.6 Å². The second kappa shape index (κ2) is 7.09. The first-order valence-corrected chi connectivity index (χ1v) is 10.8. The van der Waals surface area contributed by atoms with Crippen molar-refractivity contribution >= 4 is 15.9 Å². The van der Waals surface area contributed by atoms with E-state index in [4.69, 9.17) is 0 Å². The van der Waals surface area contributed by atoms with E-state index >= 15 is 0 Å². The lowest BCUT2D eigenvalue weighted by molar-refractivity contribution is 0.0720. The Labute approximate surface area is 159 Å². The van der Waals surface area contributed by atoms with Gasteiger partial charge in [0.2, 0.25) is 10.0 Å². The van der Waals surface area contributed by atoms with E-state index in [1.807, 2.05) is 17.0 Å². The zero-order valence-corrected chi connectivity index (χ0v) is 16.2. The molecule has 0 bridgehead atoms. The SMILES string of the molecule is Cn1cc(S(=O)(=O)N2CCCC2)cc1C(=O)N(Cc1ccncc1)C1CC1. The van der Waals surface area contributed by atoms with Crippen LogP contribution < -0.4 is 0 Å². The molecule has 4 rings (SSSR count). The van der Waals surface area contributed by atoms with Crippen molar-refractivity contribution in [3.8, 4) is 0 Å². The van der Waals surface area contributed by atoms with Crippen LogP contribution in [0.25, 0.3) is 0 Å². The molecule has 144 valence electrons. The molecule has 3 heterocycles. The second-order valence-corrected chi connectivity index (χ2v) is 9.24. The quantitative estimate of drug-likeness (QED) is 0.759. The number of sulfonamides is 1. The van der Waals surface area contributed by atoms with Crippen molar-refractivity contribution in [1.29, 1.82) is 0 Å². The van der Waals surface area contributed by atoms with Gasteiger partial charge in [0.15, 0.2) is 0 Å². The Kier molecular flexibility index (Phi) is 4.77. The van der Waals surface area contributed by atoms with Gasteiger partial charge in [-0.1, -0.05) is 0 Å². The summed E-state index contributed by atoms with van der Waals surface area (Å²) in [6, 6.07) is 5.55. The van der Waals surface area contributed by atoms with Gasteiger partial charge in [0.25, 0.3) is 5.91 Å². The molecule has 2 aliphatic rings. The number of rotatable bonds is 6. The standard InChI is InChI=1S/C19H24N4O3S/c1-21-14-17(27(25,26)22-10-2-3-11-22)12-18(21)19(24)23(16-4-5-16)13-15-6-8-20-9-7-15/h6-9,12,14,16H,2-5,10-11,13H2,1H3. The highest BCUT2D eigenvalue weighted by molar-refractivity contribution is 7.89. The van der Waals surface area contributed by atoms with Crippen molar-refractivity contribution in [3.05, 3.63) is 48.0 Å². The highest BCUT2D eigenvalue weighted by Gasteiger charge is 2.35. The van der Waals surface area contributed by atoms with Crippen molar-refractivity contribution in [2.45, 2.75) is 43.2 Å². The van der Waals surface area contributed by atoms with Gasteiger partial charge < -0.3 is 9.47 Å². The monoisotopic (exact) mass is 388 g/mol. The zero-order chi connectivity index (χ0) is 19.0. The van der Waals surface area contributed by atoms with E-state index in [0.29, 0.717) is 25.3 Å². The summed E-state index contributed by atoms with van der Waals surface area (Å²) in [5.41, 5.74) is 1.43. The molecule has 0 radical (unpaired) electrons. The summed E-state index contributed by atoms with van der Waals surface area (Å²) in [6.45, 7) is 1.61. The fourth-order valence-electron chi connectivity index (χ4n) is 3.55. The van der Waals surface area contributed by atoms with Crippen LogP contribution in [0, 0.1) is 0 Å².